The number of halogens is 1. The van der Waals surface area contributed by atoms with Crippen LogP contribution in [0.15, 0.2) is 73.1 Å². The van der Waals surface area contributed by atoms with Crippen molar-refractivity contribution in [2.24, 2.45) is 0 Å². The molecule has 6 nitrogen and oxygen atoms in total. The minimum absolute atomic E-state index is 0.0453. The number of carbonyl (C=O) groups excluding carboxylic acids is 2. The zero-order chi connectivity index (χ0) is 22.9. The van der Waals surface area contributed by atoms with Gasteiger partial charge in [0, 0.05) is 35.2 Å². The maximum absolute atomic E-state index is 12.9. The van der Waals surface area contributed by atoms with Crippen LogP contribution in [0.2, 0.25) is 5.02 Å². The molecule has 0 aliphatic heterocycles. The molecule has 0 saturated carbocycles. The summed E-state index contributed by atoms with van der Waals surface area (Å²) in [5.74, 6) is -0.498. The van der Waals surface area contributed by atoms with Gasteiger partial charge in [0.15, 0.2) is 0 Å². The van der Waals surface area contributed by atoms with Gasteiger partial charge < -0.3 is 10.6 Å². The van der Waals surface area contributed by atoms with E-state index in [1.54, 1.807) is 42.6 Å². The highest BCUT2D eigenvalue weighted by Crippen LogP contribution is 2.27. The fraction of sp³-hybridized carbons (Fsp3) is 0.240. The van der Waals surface area contributed by atoms with Gasteiger partial charge in [0.05, 0.1) is 11.6 Å². The van der Waals surface area contributed by atoms with E-state index in [4.69, 9.17) is 11.6 Å². The van der Waals surface area contributed by atoms with Crippen molar-refractivity contribution in [3.05, 3.63) is 94.8 Å². The number of hydrogen-bond acceptors (Lipinski definition) is 4. The topological polar surface area (TPSA) is 74.3 Å². The molecule has 0 bridgehead atoms. The third-order valence-corrected chi connectivity index (χ3v) is 5.62. The summed E-state index contributed by atoms with van der Waals surface area (Å²) in [5, 5.41) is 6.51. The Labute approximate surface area is 193 Å². The van der Waals surface area contributed by atoms with Crippen molar-refractivity contribution in [2.75, 3.05) is 25.0 Å². The SMILES string of the molecule is CCN(CC)C(CNC(=O)c1cccc(NC(=O)c2cccnc2)c1)c1ccccc1Cl. The quantitative estimate of drug-likeness (QED) is 0.491. The van der Waals surface area contributed by atoms with Crippen LogP contribution in [0.1, 0.15) is 46.2 Å². The van der Waals surface area contributed by atoms with Crippen LogP contribution in [0.5, 0.6) is 0 Å². The third kappa shape index (κ3) is 5.93. The summed E-state index contributed by atoms with van der Waals surface area (Å²) < 4.78 is 0. The van der Waals surface area contributed by atoms with E-state index in [0.29, 0.717) is 28.4 Å². The predicted octanol–water partition coefficient (Wildman–Crippen LogP) is 4.80. The van der Waals surface area contributed by atoms with Crippen LogP contribution < -0.4 is 10.6 Å². The van der Waals surface area contributed by atoms with Crippen molar-refractivity contribution in [3.8, 4) is 0 Å². The molecule has 0 spiro atoms. The van der Waals surface area contributed by atoms with E-state index >= 15 is 0 Å². The summed E-state index contributed by atoms with van der Waals surface area (Å²) in [6.07, 6.45) is 3.10. The average Bonchev–Trinajstić information content (AvgIpc) is 2.83. The first-order chi connectivity index (χ1) is 15.5. The largest absolute Gasteiger partial charge is 0.350 e. The Morgan fingerprint density at radius 1 is 0.969 bits per heavy atom. The number of anilines is 1. The highest BCUT2D eigenvalue weighted by Gasteiger charge is 2.21. The third-order valence-electron chi connectivity index (χ3n) is 5.28. The summed E-state index contributed by atoms with van der Waals surface area (Å²) in [7, 11) is 0. The first-order valence-corrected chi connectivity index (χ1v) is 11.0. The Bertz CT molecular complexity index is 1050. The zero-order valence-electron chi connectivity index (χ0n) is 18.2. The standard InChI is InChI=1S/C25H27ClN4O2/c1-3-30(4-2)23(21-12-5-6-13-22(21)26)17-28-24(31)18-9-7-11-20(15-18)29-25(32)19-10-8-14-27-16-19/h5-16,23H,3-4,17H2,1-2H3,(H,28,31)(H,29,32). The molecule has 0 aliphatic rings. The van der Waals surface area contributed by atoms with E-state index in [1.165, 1.54) is 6.20 Å². The monoisotopic (exact) mass is 450 g/mol. The molecular formula is C25H27ClN4O2. The molecule has 1 atom stereocenters. The van der Waals surface area contributed by atoms with E-state index in [2.05, 4.69) is 34.4 Å². The van der Waals surface area contributed by atoms with Crippen molar-refractivity contribution < 1.29 is 9.59 Å². The molecule has 2 amide bonds. The summed E-state index contributed by atoms with van der Waals surface area (Å²) in [4.78, 5) is 31.5. The molecule has 0 aliphatic carbocycles. The molecule has 3 aromatic rings. The Kier molecular flexibility index (Phi) is 8.36. The Morgan fingerprint density at radius 2 is 1.72 bits per heavy atom. The van der Waals surface area contributed by atoms with E-state index in [0.717, 1.165) is 18.7 Å². The predicted molar refractivity (Wildman–Crippen MR) is 128 cm³/mol. The van der Waals surface area contributed by atoms with E-state index in [1.807, 2.05) is 24.3 Å². The first kappa shape index (κ1) is 23.4. The number of likely N-dealkylation sites (N-methyl/N-ethyl adjacent to an activating group) is 1. The van der Waals surface area contributed by atoms with Crippen LogP contribution in [0.4, 0.5) is 5.69 Å². The number of hydrogen-bond donors (Lipinski definition) is 2. The van der Waals surface area contributed by atoms with Gasteiger partial charge in [-0.15, -0.1) is 0 Å². The average molecular weight is 451 g/mol. The van der Waals surface area contributed by atoms with Crippen molar-refractivity contribution in [3.63, 3.8) is 0 Å². The second kappa shape index (κ2) is 11.4. The summed E-state index contributed by atoms with van der Waals surface area (Å²) in [6.45, 7) is 6.25. The molecule has 166 valence electrons. The van der Waals surface area contributed by atoms with Gasteiger partial charge in [-0.1, -0.05) is 49.7 Å². The van der Waals surface area contributed by atoms with Crippen LogP contribution in [0.3, 0.4) is 0 Å². The van der Waals surface area contributed by atoms with Crippen LogP contribution >= 0.6 is 11.6 Å². The minimum Gasteiger partial charge on any atom is -0.350 e. The van der Waals surface area contributed by atoms with Gasteiger partial charge in [-0.2, -0.15) is 0 Å². The van der Waals surface area contributed by atoms with Gasteiger partial charge in [-0.3, -0.25) is 19.5 Å². The smallest absolute Gasteiger partial charge is 0.257 e. The van der Waals surface area contributed by atoms with Crippen LogP contribution in [-0.2, 0) is 0 Å². The second-order valence-electron chi connectivity index (χ2n) is 7.25. The van der Waals surface area contributed by atoms with Crippen LogP contribution in [0.25, 0.3) is 0 Å². The summed E-state index contributed by atoms with van der Waals surface area (Å²) in [5.41, 5.74) is 2.43. The maximum atomic E-state index is 12.9. The summed E-state index contributed by atoms with van der Waals surface area (Å²) in [6, 6.07) is 17.9. The normalized spacial score (nSPS) is 11.8. The summed E-state index contributed by atoms with van der Waals surface area (Å²) >= 11 is 6.45. The van der Waals surface area contributed by atoms with Gasteiger partial charge in [0.2, 0.25) is 0 Å². The molecule has 3 rings (SSSR count). The molecule has 32 heavy (non-hydrogen) atoms. The highest BCUT2D eigenvalue weighted by molar-refractivity contribution is 6.31. The lowest BCUT2D eigenvalue weighted by atomic mass is 10.0. The van der Waals surface area contributed by atoms with Crippen LogP contribution in [0, 0.1) is 0 Å². The van der Waals surface area contributed by atoms with Gasteiger partial charge in [0.1, 0.15) is 0 Å². The fourth-order valence-corrected chi connectivity index (χ4v) is 3.84. The van der Waals surface area contributed by atoms with E-state index < -0.39 is 0 Å². The van der Waals surface area contributed by atoms with Crippen molar-refractivity contribution in [2.45, 2.75) is 19.9 Å². The van der Waals surface area contributed by atoms with Crippen molar-refractivity contribution >= 4 is 29.1 Å². The highest BCUT2D eigenvalue weighted by atomic mass is 35.5. The van der Waals surface area contributed by atoms with E-state index in [9.17, 15) is 9.59 Å². The molecule has 1 aromatic heterocycles. The Hall–Kier alpha value is -3.22. The Balaban J connectivity index is 1.71. The number of pyridine rings is 1. The van der Waals surface area contributed by atoms with E-state index in [-0.39, 0.29) is 17.9 Å². The minimum atomic E-state index is -0.282. The number of amides is 2. The number of nitrogens with zero attached hydrogens (tertiary/aromatic N) is 2. The van der Waals surface area contributed by atoms with Gasteiger partial charge in [0.25, 0.3) is 11.8 Å². The van der Waals surface area contributed by atoms with Crippen molar-refractivity contribution in [1.82, 2.24) is 15.2 Å². The maximum Gasteiger partial charge on any atom is 0.257 e. The molecule has 0 radical (unpaired) electrons. The van der Waals surface area contributed by atoms with Gasteiger partial charge in [-0.05, 0) is 55.1 Å². The second-order valence-corrected chi connectivity index (χ2v) is 7.65. The Morgan fingerprint density at radius 3 is 2.41 bits per heavy atom. The number of benzene rings is 2. The molecule has 0 fully saturated rings. The van der Waals surface area contributed by atoms with Crippen molar-refractivity contribution in [1.29, 1.82) is 0 Å². The lowest BCUT2D eigenvalue weighted by Crippen LogP contribution is -2.38. The molecular weight excluding hydrogens is 424 g/mol. The molecule has 0 saturated heterocycles. The van der Waals surface area contributed by atoms with Gasteiger partial charge in [-0.25, -0.2) is 0 Å². The molecule has 1 unspecified atom stereocenters. The van der Waals surface area contributed by atoms with Gasteiger partial charge >= 0.3 is 0 Å². The number of nitrogens with one attached hydrogen (secondary N) is 2. The molecule has 2 N–H and O–H groups in total. The molecule has 7 heteroatoms. The molecule has 1 heterocycles. The lowest BCUT2D eigenvalue weighted by molar-refractivity contribution is 0.0934. The number of carbonyl (C=O) groups is 2. The van der Waals surface area contributed by atoms with Crippen LogP contribution in [-0.4, -0.2) is 41.3 Å². The number of rotatable bonds is 9. The lowest BCUT2D eigenvalue weighted by Gasteiger charge is -2.31. The molecule has 2 aromatic carbocycles. The zero-order valence-corrected chi connectivity index (χ0v) is 19.0. The number of aromatic nitrogens is 1. The first-order valence-electron chi connectivity index (χ1n) is 10.6. The fourth-order valence-electron chi connectivity index (χ4n) is 3.58.